The average Bonchev–Trinajstić information content (AvgIpc) is 2.33. The first-order valence-corrected chi connectivity index (χ1v) is 8.26. The largest absolute Gasteiger partial charge is 0.382 e. The summed E-state index contributed by atoms with van der Waals surface area (Å²) in [5.74, 6) is 0.969. The molecule has 118 valence electrons. The number of hydrogen-bond donors (Lipinski definition) is 2. The lowest BCUT2D eigenvalue weighted by Gasteiger charge is -2.45. The van der Waals surface area contributed by atoms with Gasteiger partial charge in [0.2, 0.25) is 0 Å². The summed E-state index contributed by atoms with van der Waals surface area (Å²) in [6.07, 6.45) is 6.77. The predicted molar refractivity (Wildman–Crippen MR) is 91.8 cm³/mol. The van der Waals surface area contributed by atoms with Crippen molar-refractivity contribution in [3.05, 3.63) is 18.3 Å². The average molecular weight is 289 g/mol. The van der Waals surface area contributed by atoms with E-state index in [1.165, 1.54) is 24.9 Å². The lowest BCUT2D eigenvalue weighted by atomic mass is 9.63. The van der Waals surface area contributed by atoms with Crippen LogP contribution >= 0.6 is 0 Å². The minimum Gasteiger partial charge on any atom is -0.382 e. The molecule has 2 N–H and O–H groups in total. The van der Waals surface area contributed by atoms with E-state index in [4.69, 9.17) is 0 Å². The third-order valence-electron chi connectivity index (χ3n) is 4.24. The molecule has 3 heteroatoms. The Bertz CT molecular complexity index is 449. The maximum absolute atomic E-state index is 4.38. The zero-order chi connectivity index (χ0) is 15.5. The summed E-state index contributed by atoms with van der Waals surface area (Å²) in [5.41, 5.74) is 2.01. The lowest BCUT2D eigenvalue weighted by Crippen LogP contribution is -2.40. The first kappa shape index (κ1) is 16.1. The van der Waals surface area contributed by atoms with Crippen molar-refractivity contribution in [3.63, 3.8) is 0 Å². The molecule has 1 fully saturated rings. The molecule has 0 aromatic carbocycles. The molecule has 0 saturated heterocycles. The number of rotatable bonds is 5. The van der Waals surface area contributed by atoms with Gasteiger partial charge < -0.3 is 10.6 Å². The van der Waals surface area contributed by atoms with Crippen LogP contribution in [0.1, 0.15) is 60.3 Å². The molecule has 1 aromatic heterocycles. The van der Waals surface area contributed by atoms with Gasteiger partial charge >= 0.3 is 0 Å². The SMILES string of the molecule is CCCNc1cc(NC2CC(C)(C)CC(C)(C)C2)ccn1. The van der Waals surface area contributed by atoms with Gasteiger partial charge in [0.15, 0.2) is 0 Å². The van der Waals surface area contributed by atoms with Gasteiger partial charge in [0.1, 0.15) is 5.82 Å². The molecule has 21 heavy (non-hydrogen) atoms. The van der Waals surface area contributed by atoms with Crippen LogP contribution in [0, 0.1) is 10.8 Å². The van der Waals surface area contributed by atoms with Gasteiger partial charge in [0, 0.05) is 30.5 Å². The van der Waals surface area contributed by atoms with Gasteiger partial charge in [-0.25, -0.2) is 4.98 Å². The van der Waals surface area contributed by atoms with Gasteiger partial charge in [-0.05, 0) is 42.6 Å². The topological polar surface area (TPSA) is 37.0 Å². The van der Waals surface area contributed by atoms with Gasteiger partial charge in [0.25, 0.3) is 0 Å². The fourth-order valence-corrected chi connectivity index (χ4v) is 4.05. The highest BCUT2D eigenvalue weighted by molar-refractivity contribution is 5.52. The third-order valence-corrected chi connectivity index (χ3v) is 4.24. The summed E-state index contributed by atoms with van der Waals surface area (Å²) >= 11 is 0. The zero-order valence-corrected chi connectivity index (χ0v) is 14.3. The summed E-state index contributed by atoms with van der Waals surface area (Å²) in [5, 5.41) is 7.08. The van der Waals surface area contributed by atoms with Crippen molar-refractivity contribution in [3.8, 4) is 0 Å². The van der Waals surface area contributed by atoms with Crippen LogP contribution in [-0.4, -0.2) is 17.6 Å². The van der Waals surface area contributed by atoms with Crippen LogP contribution in [0.25, 0.3) is 0 Å². The summed E-state index contributed by atoms with van der Waals surface area (Å²) in [6.45, 7) is 12.7. The summed E-state index contributed by atoms with van der Waals surface area (Å²) in [4.78, 5) is 4.38. The predicted octanol–water partition coefficient (Wildman–Crippen LogP) is 4.92. The number of pyridine rings is 1. The highest BCUT2D eigenvalue weighted by Gasteiger charge is 2.38. The molecule has 0 aliphatic heterocycles. The molecule has 0 radical (unpaired) electrons. The van der Waals surface area contributed by atoms with Crippen LogP contribution in [0.4, 0.5) is 11.5 Å². The van der Waals surface area contributed by atoms with E-state index < -0.39 is 0 Å². The number of nitrogens with one attached hydrogen (secondary N) is 2. The molecule has 1 aliphatic carbocycles. The summed E-state index contributed by atoms with van der Waals surface area (Å²) in [7, 11) is 0. The number of hydrogen-bond acceptors (Lipinski definition) is 3. The number of anilines is 2. The molecule has 1 aromatic rings. The first-order valence-electron chi connectivity index (χ1n) is 8.26. The highest BCUT2D eigenvalue weighted by atomic mass is 15.0. The Labute approximate surface area is 129 Å². The van der Waals surface area contributed by atoms with Crippen LogP contribution in [0.2, 0.25) is 0 Å². The Morgan fingerprint density at radius 3 is 2.48 bits per heavy atom. The second-order valence-corrected chi connectivity index (χ2v) is 8.11. The van der Waals surface area contributed by atoms with Crippen molar-refractivity contribution in [1.29, 1.82) is 0 Å². The molecule has 1 aliphatic rings. The third kappa shape index (κ3) is 4.90. The van der Waals surface area contributed by atoms with Crippen LogP contribution < -0.4 is 10.6 Å². The lowest BCUT2D eigenvalue weighted by molar-refractivity contribution is 0.105. The van der Waals surface area contributed by atoms with Crippen molar-refractivity contribution in [2.45, 2.75) is 66.3 Å². The van der Waals surface area contributed by atoms with E-state index in [-0.39, 0.29) is 0 Å². The van der Waals surface area contributed by atoms with E-state index in [9.17, 15) is 0 Å². The second-order valence-electron chi connectivity index (χ2n) is 8.11. The monoisotopic (exact) mass is 289 g/mol. The molecule has 0 atom stereocenters. The summed E-state index contributed by atoms with van der Waals surface area (Å²) in [6, 6.07) is 4.75. The smallest absolute Gasteiger partial charge is 0.127 e. The molecule has 3 nitrogen and oxygen atoms in total. The van der Waals surface area contributed by atoms with Gasteiger partial charge in [-0.15, -0.1) is 0 Å². The van der Waals surface area contributed by atoms with Gasteiger partial charge in [-0.3, -0.25) is 0 Å². The molecule has 1 heterocycles. The number of nitrogens with zero attached hydrogens (tertiary/aromatic N) is 1. The Balaban J connectivity index is 2.03. The minimum atomic E-state index is 0.412. The Morgan fingerprint density at radius 1 is 1.19 bits per heavy atom. The standard InChI is InChI=1S/C18H31N3/c1-6-8-19-16-10-14(7-9-20-16)21-15-11-17(2,3)13-18(4,5)12-15/h7,9-10,15H,6,8,11-13H2,1-5H3,(H2,19,20,21). The summed E-state index contributed by atoms with van der Waals surface area (Å²) < 4.78 is 0. The molecule has 0 bridgehead atoms. The molecule has 2 rings (SSSR count). The van der Waals surface area contributed by atoms with Crippen molar-refractivity contribution >= 4 is 11.5 Å². The van der Waals surface area contributed by atoms with E-state index in [1.807, 2.05) is 6.20 Å². The highest BCUT2D eigenvalue weighted by Crippen LogP contribution is 2.46. The van der Waals surface area contributed by atoms with E-state index in [0.717, 1.165) is 18.8 Å². The van der Waals surface area contributed by atoms with E-state index >= 15 is 0 Å². The van der Waals surface area contributed by atoms with Crippen LogP contribution in [0.15, 0.2) is 18.3 Å². The Hall–Kier alpha value is -1.25. The van der Waals surface area contributed by atoms with Crippen LogP contribution in [0.5, 0.6) is 0 Å². The maximum Gasteiger partial charge on any atom is 0.127 e. The molecule has 1 saturated carbocycles. The number of aromatic nitrogens is 1. The maximum atomic E-state index is 4.38. The van der Waals surface area contributed by atoms with Crippen LogP contribution in [0.3, 0.4) is 0 Å². The van der Waals surface area contributed by atoms with Crippen molar-refractivity contribution < 1.29 is 0 Å². The van der Waals surface area contributed by atoms with E-state index in [0.29, 0.717) is 16.9 Å². The molecule has 0 amide bonds. The van der Waals surface area contributed by atoms with Crippen molar-refractivity contribution in [2.24, 2.45) is 10.8 Å². The van der Waals surface area contributed by atoms with Crippen LogP contribution in [-0.2, 0) is 0 Å². The van der Waals surface area contributed by atoms with Gasteiger partial charge in [0.05, 0.1) is 0 Å². The first-order chi connectivity index (χ1) is 9.80. The quantitative estimate of drug-likeness (QED) is 0.807. The van der Waals surface area contributed by atoms with Crippen molar-refractivity contribution in [1.82, 2.24) is 4.98 Å². The molecular formula is C18H31N3. The van der Waals surface area contributed by atoms with E-state index in [1.54, 1.807) is 0 Å². The van der Waals surface area contributed by atoms with Gasteiger partial charge in [-0.1, -0.05) is 34.6 Å². The second kappa shape index (κ2) is 6.25. The zero-order valence-electron chi connectivity index (χ0n) is 14.3. The normalized spacial score (nSPS) is 21.0. The molecule has 0 spiro atoms. The van der Waals surface area contributed by atoms with Gasteiger partial charge in [-0.2, -0.15) is 0 Å². The fourth-order valence-electron chi connectivity index (χ4n) is 4.05. The Kier molecular flexibility index (Phi) is 4.80. The fraction of sp³-hybridized carbons (Fsp3) is 0.722. The van der Waals surface area contributed by atoms with E-state index in [2.05, 4.69) is 62.4 Å². The minimum absolute atomic E-state index is 0.412. The molecule has 0 unspecified atom stereocenters. The molecular weight excluding hydrogens is 258 g/mol. The Morgan fingerprint density at radius 2 is 1.86 bits per heavy atom. The van der Waals surface area contributed by atoms with Crippen molar-refractivity contribution in [2.75, 3.05) is 17.2 Å².